The lowest BCUT2D eigenvalue weighted by Crippen LogP contribution is -2.22. The van der Waals surface area contributed by atoms with Crippen molar-refractivity contribution in [2.75, 3.05) is 0 Å². The fraction of sp³-hybridized carbons (Fsp3) is 0.235. The molecule has 2 atom stereocenters. The van der Waals surface area contributed by atoms with Crippen molar-refractivity contribution >= 4 is 15.9 Å². The molecule has 2 aromatic rings. The van der Waals surface area contributed by atoms with Crippen LogP contribution in [0.2, 0.25) is 0 Å². The molecule has 1 N–H and O–H groups in total. The Morgan fingerprint density at radius 3 is 2.25 bits per heavy atom. The topological polar surface area (TPSA) is 35.8 Å². The Labute approximate surface area is 128 Å². The number of nitrogens with one attached hydrogen (secondary N) is 1. The van der Waals surface area contributed by atoms with Gasteiger partial charge in [-0.2, -0.15) is 5.26 Å². The van der Waals surface area contributed by atoms with Crippen molar-refractivity contribution in [3.8, 4) is 6.07 Å². The van der Waals surface area contributed by atoms with Crippen LogP contribution in [-0.4, -0.2) is 0 Å². The van der Waals surface area contributed by atoms with Crippen LogP contribution in [0.1, 0.15) is 42.6 Å². The normalized spacial score (nSPS) is 13.5. The number of hydrogen-bond acceptors (Lipinski definition) is 2. The van der Waals surface area contributed by atoms with Crippen molar-refractivity contribution in [1.82, 2.24) is 5.32 Å². The summed E-state index contributed by atoms with van der Waals surface area (Å²) in [6.45, 7) is 4.29. The lowest BCUT2D eigenvalue weighted by molar-refractivity contribution is 0.493. The predicted octanol–water partition coefficient (Wildman–Crippen LogP) is 4.73. The van der Waals surface area contributed by atoms with Crippen LogP contribution in [0.3, 0.4) is 0 Å². The Morgan fingerprint density at radius 1 is 1.00 bits per heavy atom. The summed E-state index contributed by atoms with van der Waals surface area (Å²) in [4.78, 5) is 0. The quantitative estimate of drug-likeness (QED) is 0.880. The van der Waals surface area contributed by atoms with E-state index in [9.17, 15) is 0 Å². The van der Waals surface area contributed by atoms with E-state index in [0.717, 1.165) is 4.47 Å². The summed E-state index contributed by atoms with van der Waals surface area (Å²) in [6.07, 6.45) is 0. The predicted molar refractivity (Wildman–Crippen MR) is 85.3 cm³/mol. The summed E-state index contributed by atoms with van der Waals surface area (Å²) < 4.78 is 1.12. The number of nitrogens with zero attached hydrogens (tertiary/aromatic N) is 1. The van der Waals surface area contributed by atoms with Gasteiger partial charge in [0, 0.05) is 16.6 Å². The van der Waals surface area contributed by atoms with E-state index in [1.54, 1.807) is 0 Å². The molecule has 3 heteroatoms. The van der Waals surface area contributed by atoms with Gasteiger partial charge in [0.2, 0.25) is 0 Å². The van der Waals surface area contributed by atoms with E-state index in [0.29, 0.717) is 5.56 Å². The van der Waals surface area contributed by atoms with Crippen molar-refractivity contribution in [1.29, 1.82) is 5.26 Å². The Hall–Kier alpha value is -1.63. The van der Waals surface area contributed by atoms with Crippen molar-refractivity contribution in [3.63, 3.8) is 0 Å². The molecular weight excluding hydrogens is 312 g/mol. The summed E-state index contributed by atoms with van der Waals surface area (Å²) in [6, 6.07) is 18.6. The van der Waals surface area contributed by atoms with Crippen LogP contribution in [0.4, 0.5) is 0 Å². The first kappa shape index (κ1) is 14.8. The maximum absolute atomic E-state index is 8.82. The van der Waals surface area contributed by atoms with Crippen LogP contribution in [-0.2, 0) is 0 Å². The molecule has 0 aliphatic rings. The van der Waals surface area contributed by atoms with E-state index >= 15 is 0 Å². The maximum atomic E-state index is 8.82. The first-order chi connectivity index (χ1) is 9.61. The standard InChI is InChI=1S/C17H17BrN2/c1-12(15-9-7-14(11-19)8-10-15)20-13(2)16-5-3-4-6-17(16)18/h3-10,12-13,20H,1-2H3. The molecule has 0 spiro atoms. The van der Waals surface area contributed by atoms with Gasteiger partial charge in [-0.25, -0.2) is 0 Å². The number of benzene rings is 2. The fourth-order valence-corrected chi connectivity index (χ4v) is 2.86. The summed E-state index contributed by atoms with van der Waals surface area (Å²) in [5.41, 5.74) is 3.12. The van der Waals surface area contributed by atoms with Crippen molar-refractivity contribution in [3.05, 3.63) is 69.7 Å². The SMILES string of the molecule is CC(NC(C)c1ccccc1Br)c1ccc(C#N)cc1. The Balaban J connectivity index is 2.09. The van der Waals surface area contributed by atoms with Crippen molar-refractivity contribution < 1.29 is 0 Å². The summed E-state index contributed by atoms with van der Waals surface area (Å²) >= 11 is 3.59. The second-order valence-corrected chi connectivity index (χ2v) is 5.72. The van der Waals surface area contributed by atoms with Crippen molar-refractivity contribution in [2.45, 2.75) is 25.9 Å². The van der Waals surface area contributed by atoms with Crippen LogP contribution in [0.15, 0.2) is 53.0 Å². The average Bonchev–Trinajstić information content (AvgIpc) is 2.47. The molecular formula is C17H17BrN2. The van der Waals surface area contributed by atoms with E-state index in [1.807, 2.05) is 36.4 Å². The maximum Gasteiger partial charge on any atom is 0.0991 e. The lowest BCUT2D eigenvalue weighted by Gasteiger charge is -2.21. The number of halogens is 1. The van der Waals surface area contributed by atoms with Crippen LogP contribution < -0.4 is 5.32 Å². The highest BCUT2D eigenvalue weighted by Crippen LogP contribution is 2.25. The molecule has 0 amide bonds. The van der Waals surface area contributed by atoms with E-state index in [4.69, 9.17) is 5.26 Å². The van der Waals surface area contributed by atoms with E-state index in [2.05, 4.69) is 53.3 Å². The van der Waals surface area contributed by atoms with Crippen LogP contribution >= 0.6 is 15.9 Å². The average molecular weight is 329 g/mol. The second kappa shape index (κ2) is 6.69. The van der Waals surface area contributed by atoms with E-state index in [1.165, 1.54) is 11.1 Å². The largest absolute Gasteiger partial charge is 0.304 e. The summed E-state index contributed by atoms with van der Waals surface area (Å²) in [5.74, 6) is 0. The molecule has 2 aromatic carbocycles. The van der Waals surface area contributed by atoms with Gasteiger partial charge in [-0.3, -0.25) is 0 Å². The highest BCUT2D eigenvalue weighted by molar-refractivity contribution is 9.10. The number of nitriles is 1. The Bertz CT molecular complexity index is 614. The molecule has 20 heavy (non-hydrogen) atoms. The van der Waals surface area contributed by atoms with Crippen LogP contribution in [0.5, 0.6) is 0 Å². The molecule has 0 heterocycles. The van der Waals surface area contributed by atoms with Gasteiger partial charge in [0.05, 0.1) is 11.6 Å². The molecule has 2 unspecified atom stereocenters. The fourth-order valence-electron chi connectivity index (χ4n) is 2.23. The molecule has 2 rings (SSSR count). The zero-order chi connectivity index (χ0) is 14.5. The van der Waals surface area contributed by atoms with Gasteiger partial charge in [0.15, 0.2) is 0 Å². The third kappa shape index (κ3) is 3.47. The molecule has 0 aromatic heterocycles. The first-order valence-electron chi connectivity index (χ1n) is 6.62. The molecule has 0 fully saturated rings. The van der Waals surface area contributed by atoms with Crippen LogP contribution in [0.25, 0.3) is 0 Å². The molecule has 0 aliphatic carbocycles. The second-order valence-electron chi connectivity index (χ2n) is 4.87. The summed E-state index contributed by atoms with van der Waals surface area (Å²) in [7, 11) is 0. The lowest BCUT2D eigenvalue weighted by atomic mass is 10.0. The van der Waals surface area contributed by atoms with E-state index < -0.39 is 0 Å². The molecule has 0 saturated carbocycles. The van der Waals surface area contributed by atoms with Gasteiger partial charge in [0.25, 0.3) is 0 Å². The molecule has 102 valence electrons. The minimum absolute atomic E-state index is 0.227. The highest BCUT2D eigenvalue weighted by Gasteiger charge is 2.13. The van der Waals surface area contributed by atoms with Gasteiger partial charge in [-0.15, -0.1) is 0 Å². The third-order valence-electron chi connectivity index (χ3n) is 3.41. The smallest absolute Gasteiger partial charge is 0.0991 e. The van der Waals surface area contributed by atoms with Gasteiger partial charge in [-0.05, 0) is 43.2 Å². The molecule has 0 saturated heterocycles. The van der Waals surface area contributed by atoms with Gasteiger partial charge in [-0.1, -0.05) is 46.3 Å². The molecule has 0 aliphatic heterocycles. The minimum atomic E-state index is 0.227. The minimum Gasteiger partial charge on any atom is -0.304 e. The van der Waals surface area contributed by atoms with Crippen molar-refractivity contribution in [2.24, 2.45) is 0 Å². The zero-order valence-corrected chi connectivity index (χ0v) is 13.2. The number of hydrogen-bond donors (Lipinski definition) is 1. The highest BCUT2D eigenvalue weighted by atomic mass is 79.9. The third-order valence-corrected chi connectivity index (χ3v) is 4.13. The van der Waals surface area contributed by atoms with E-state index in [-0.39, 0.29) is 12.1 Å². The zero-order valence-electron chi connectivity index (χ0n) is 11.6. The number of rotatable bonds is 4. The summed E-state index contributed by atoms with van der Waals surface area (Å²) in [5, 5.41) is 12.4. The van der Waals surface area contributed by atoms with Crippen LogP contribution in [0, 0.1) is 11.3 Å². The monoisotopic (exact) mass is 328 g/mol. The molecule has 0 radical (unpaired) electrons. The first-order valence-corrected chi connectivity index (χ1v) is 7.41. The Morgan fingerprint density at radius 2 is 1.65 bits per heavy atom. The Kier molecular flexibility index (Phi) is 4.94. The van der Waals surface area contributed by atoms with Gasteiger partial charge < -0.3 is 5.32 Å². The molecule has 0 bridgehead atoms. The van der Waals surface area contributed by atoms with Gasteiger partial charge >= 0.3 is 0 Å². The van der Waals surface area contributed by atoms with Gasteiger partial charge in [0.1, 0.15) is 0 Å². The molecule has 2 nitrogen and oxygen atoms in total.